The molecule has 0 fully saturated rings. The van der Waals surface area contributed by atoms with E-state index in [1.54, 1.807) is 7.11 Å². The van der Waals surface area contributed by atoms with Crippen LogP contribution in [0.1, 0.15) is 16.0 Å². The first-order valence-corrected chi connectivity index (χ1v) is 7.49. The molecule has 0 saturated carbocycles. The quantitative estimate of drug-likeness (QED) is 0.638. The number of methoxy groups -OCH3 is 1. The summed E-state index contributed by atoms with van der Waals surface area (Å²) in [7, 11) is 1.66. The number of benzene rings is 2. The van der Waals surface area contributed by atoms with Crippen molar-refractivity contribution in [1.82, 2.24) is 0 Å². The third-order valence-electron chi connectivity index (χ3n) is 2.86. The highest BCUT2D eigenvalue weighted by atomic mass is 79.9. The van der Waals surface area contributed by atoms with E-state index in [0.717, 1.165) is 22.8 Å². The van der Waals surface area contributed by atoms with Gasteiger partial charge < -0.3 is 4.74 Å². The van der Waals surface area contributed by atoms with Gasteiger partial charge in [0, 0.05) is 20.4 Å². The number of ether oxygens (including phenoxy) is 1. The van der Waals surface area contributed by atoms with Gasteiger partial charge in [-0.2, -0.15) is 0 Å². The van der Waals surface area contributed by atoms with Crippen molar-refractivity contribution in [1.29, 1.82) is 0 Å². The molecule has 0 heterocycles. The second-order valence-corrected chi connectivity index (χ2v) is 6.16. The summed E-state index contributed by atoms with van der Waals surface area (Å²) in [5.41, 5.74) is 2.25. The van der Waals surface area contributed by atoms with Crippen LogP contribution in [-0.2, 0) is 6.42 Å². The molecule has 0 saturated heterocycles. The maximum absolute atomic E-state index is 6.05. The maximum Gasteiger partial charge on any atom is 0.123 e. The lowest BCUT2D eigenvalue weighted by Gasteiger charge is -2.15. The summed E-state index contributed by atoms with van der Waals surface area (Å²) in [5.74, 6) is 0.834. The molecule has 0 aromatic heterocycles. The van der Waals surface area contributed by atoms with Crippen molar-refractivity contribution in [2.45, 2.75) is 11.2 Å². The van der Waals surface area contributed by atoms with Crippen LogP contribution in [0.2, 0.25) is 10.0 Å². The van der Waals surface area contributed by atoms with Gasteiger partial charge >= 0.3 is 0 Å². The fourth-order valence-corrected chi connectivity index (χ4v) is 2.93. The zero-order chi connectivity index (χ0) is 13.8. The Bertz CT molecular complexity index is 555. The Morgan fingerprint density at radius 1 is 1.05 bits per heavy atom. The Balaban J connectivity index is 2.21. The van der Waals surface area contributed by atoms with Crippen molar-refractivity contribution in [3.63, 3.8) is 0 Å². The molecule has 1 atom stereocenters. The molecule has 0 bridgehead atoms. The Hall–Kier alpha value is -0.700. The molecule has 0 spiro atoms. The SMILES string of the molecule is COc1ccc(Cl)cc1C(Br)Cc1ccc(Cl)cc1. The van der Waals surface area contributed by atoms with Crippen molar-refractivity contribution in [2.75, 3.05) is 7.11 Å². The maximum atomic E-state index is 6.05. The second-order valence-electron chi connectivity index (χ2n) is 4.18. The van der Waals surface area contributed by atoms with Crippen LogP contribution in [0.25, 0.3) is 0 Å². The summed E-state index contributed by atoms with van der Waals surface area (Å²) in [5, 5.41) is 1.45. The van der Waals surface area contributed by atoms with E-state index in [1.165, 1.54) is 5.56 Å². The lowest BCUT2D eigenvalue weighted by molar-refractivity contribution is 0.409. The normalized spacial score (nSPS) is 12.2. The Morgan fingerprint density at radius 3 is 2.32 bits per heavy atom. The van der Waals surface area contributed by atoms with E-state index in [0.29, 0.717) is 5.02 Å². The van der Waals surface area contributed by atoms with Gasteiger partial charge in [0.25, 0.3) is 0 Å². The number of alkyl halides is 1. The van der Waals surface area contributed by atoms with Gasteiger partial charge in [-0.25, -0.2) is 0 Å². The van der Waals surface area contributed by atoms with Gasteiger partial charge in [0.05, 0.1) is 7.11 Å². The number of hydrogen-bond acceptors (Lipinski definition) is 1. The minimum absolute atomic E-state index is 0.141. The minimum Gasteiger partial charge on any atom is -0.496 e. The van der Waals surface area contributed by atoms with Crippen molar-refractivity contribution in [3.05, 3.63) is 63.6 Å². The summed E-state index contributed by atoms with van der Waals surface area (Å²) in [4.78, 5) is 0.141. The van der Waals surface area contributed by atoms with Gasteiger partial charge in [-0.15, -0.1) is 0 Å². The fraction of sp³-hybridized carbons (Fsp3) is 0.200. The molecule has 0 amide bonds. The van der Waals surface area contributed by atoms with Crippen LogP contribution in [0.15, 0.2) is 42.5 Å². The van der Waals surface area contributed by atoms with Crippen LogP contribution in [-0.4, -0.2) is 7.11 Å². The van der Waals surface area contributed by atoms with Crippen molar-refractivity contribution in [3.8, 4) is 5.75 Å². The standard InChI is InChI=1S/C15H13BrCl2O/c1-19-15-7-6-12(18)9-13(15)14(16)8-10-2-4-11(17)5-3-10/h2-7,9,14H,8H2,1H3. The summed E-state index contributed by atoms with van der Waals surface area (Å²) in [6.07, 6.45) is 0.841. The predicted molar refractivity (Wildman–Crippen MR) is 84.8 cm³/mol. The van der Waals surface area contributed by atoms with E-state index in [9.17, 15) is 0 Å². The summed E-state index contributed by atoms with van der Waals surface area (Å²) < 4.78 is 5.37. The van der Waals surface area contributed by atoms with E-state index < -0.39 is 0 Å². The third-order valence-corrected chi connectivity index (χ3v) is 4.16. The topological polar surface area (TPSA) is 9.23 Å². The van der Waals surface area contributed by atoms with Crippen molar-refractivity contribution >= 4 is 39.1 Å². The molecule has 0 N–H and O–H groups in total. The van der Waals surface area contributed by atoms with E-state index in [1.807, 2.05) is 42.5 Å². The van der Waals surface area contributed by atoms with Crippen molar-refractivity contribution < 1.29 is 4.74 Å². The monoisotopic (exact) mass is 358 g/mol. The molecule has 2 rings (SSSR count). The summed E-state index contributed by atoms with van der Waals surface area (Å²) in [6, 6.07) is 13.5. The molecule has 2 aromatic carbocycles. The molecule has 1 nitrogen and oxygen atoms in total. The summed E-state index contributed by atoms with van der Waals surface area (Å²) in [6.45, 7) is 0. The fourth-order valence-electron chi connectivity index (χ4n) is 1.89. The highest BCUT2D eigenvalue weighted by molar-refractivity contribution is 9.09. The third kappa shape index (κ3) is 3.88. The molecule has 4 heteroatoms. The Morgan fingerprint density at radius 2 is 1.68 bits per heavy atom. The van der Waals surface area contributed by atoms with Crippen molar-refractivity contribution in [2.24, 2.45) is 0 Å². The van der Waals surface area contributed by atoms with E-state index in [2.05, 4.69) is 15.9 Å². The summed E-state index contributed by atoms with van der Waals surface area (Å²) >= 11 is 15.6. The number of hydrogen-bond donors (Lipinski definition) is 0. The molecule has 0 aliphatic carbocycles. The van der Waals surface area contributed by atoms with Gasteiger partial charge in [0.1, 0.15) is 5.75 Å². The van der Waals surface area contributed by atoms with E-state index >= 15 is 0 Å². The zero-order valence-corrected chi connectivity index (χ0v) is 13.5. The molecular weight excluding hydrogens is 347 g/mol. The number of rotatable bonds is 4. The highest BCUT2D eigenvalue weighted by Crippen LogP contribution is 2.35. The first kappa shape index (κ1) is 14.7. The average Bonchev–Trinajstić information content (AvgIpc) is 2.41. The van der Waals surface area contributed by atoms with Crippen LogP contribution in [0, 0.1) is 0 Å². The highest BCUT2D eigenvalue weighted by Gasteiger charge is 2.14. The van der Waals surface area contributed by atoms with E-state index in [-0.39, 0.29) is 4.83 Å². The van der Waals surface area contributed by atoms with Gasteiger partial charge in [-0.1, -0.05) is 51.3 Å². The molecule has 0 radical (unpaired) electrons. The lowest BCUT2D eigenvalue weighted by atomic mass is 10.0. The Labute approximate surface area is 131 Å². The predicted octanol–water partition coefficient (Wildman–Crippen LogP) is 5.68. The Kier molecular flexibility index (Phi) is 5.14. The van der Waals surface area contributed by atoms with E-state index in [4.69, 9.17) is 27.9 Å². The molecule has 100 valence electrons. The van der Waals surface area contributed by atoms with Gasteiger partial charge in [0.2, 0.25) is 0 Å². The van der Waals surface area contributed by atoms with Crippen LogP contribution < -0.4 is 4.74 Å². The molecule has 19 heavy (non-hydrogen) atoms. The molecule has 0 aliphatic rings. The lowest BCUT2D eigenvalue weighted by Crippen LogP contribution is -1.99. The van der Waals surface area contributed by atoms with Gasteiger partial charge in [-0.05, 0) is 42.3 Å². The first-order chi connectivity index (χ1) is 9.10. The second kappa shape index (κ2) is 6.65. The average molecular weight is 360 g/mol. The van der Waals surface area contributed by atoms with Crippen LogP contribution in [0.4, 0.5) is 0 Å². The zero-order valence-electron chi connectivity index (χ0n) is 10.4. The van der Waals surface area contributed by atoms with Crippen LogP contribution in [0.3, 0.4) is 0 Å². The smallest absolute Gasteiger partial charge is 0.123 e. The number of halogens is 3. The van der Waals surface area contributed by atoms with Gasteiger partial charge in [-0.3, -0.25) is 0 Å². The first-order valence-electron chi connectivity index (χ1n) is 5.82. The largest absolute Gasteiger partial charge is 0.496 e. The van der Waals surface area contributed by atoms with Gasteiger partial charge in [0.15, 0.2) is 0 Å². The molecular formula is C15H13BrCl2O. The molecule has 0 aliphatic heterocycles. The molecule has 1 unspecified atom stereocenters. The van der Waals surface area contributed by atoms with Crippen LogP contribution in [0.5, 0.6) is 5.75 Å². The minimum atomic E-state index is 0.141. The van der Waals surface area contributed by atoms with Crippen LogP contribution >= 0.6 is 39.1 Å². The molecule has 2 aromatic rings.